The van der Waals surface area contributed by atoms with Gasteiger partial charge in [-0.3, -0.25) is 15.2 Å². The number of carbonyl (C=O) groups excluding carboxylic acids is 1. The monoisotopic (exact) mass is 623 g/mol. The Hall–Kier alpha value is -4.03. The predicted octanol–water partition coefficient (Wildman–Crippen LogP) is 4.94. The Morgan fingerprint density at radius 2 is 2.07 bits per heavy atom. The standard InChI is InChI=1S/C30H31F2N7O4S/c1-30(2,3)43-29(41)37-27-16(9-33)22-25(34-11-20(31)26(22)44-27)21-19-14-42-13-18(19)17-10-35-28(36-24(17)23(21)32)39-6-5-15(12-39)38(4)7-8-40/h10-11,15,40H,5-8,12-14H2,1-4H3,(H,37,41)/t15-/m0/s1. The molecule has 1 amide bonds. The molecule has 0 unspecified atom stereocenters. The summed E-state index contributed by atoms with van der Waals surface area (Å²) in [4.78, 5) is 30.1. The number of pyridine rings is 1. The van der Waals surface area contributed by atoms with Crippen molar-refractivity contribution in [3.05, 3.63) is 40.7 Å². The van der Waals surface area contributed by atoms with Crippen LogP contribution in [0.4, 0.5) is 24.5 Å². The van der Waals surface area contributed by atoms with Crippen LogP contribution in [0.5, 0.6) is 0 Å². The van der Waals surface area contributed by atoms with Crippen LogP contribution in [0.3, 0.4) is 0 Å². The van der Waals surface area contributed by atoms with E-state index in [2.05, 4.69) is 25.2 Å². The molecular weight excluding hydrogens is 592 g/mol. The summed E-state index contributed by atoms with van der Waals surface area (Å²) in [5.41, 5.74) is 0.566. The summed E-state index contributed by atoms with van der Waals surface area (Å²) in [6.45, 7) is 7.27. The fourth-order valence-corrected chi connectivity index (χ4v) is 6.82. The van der Waals surface area contributed by atoms with Gasteiger partial charge >= 0.3 is 6.09 Å². The number of benzene rings is 1. The summed E-state index contributed by atoms with van der Waals surface area (Å²) in [7, 11) is 1.95. The lowest BCUT2D eigenvalue weighted by Gasteiger charge is -2.24. The van der Waals surface area contributed by atoms with Gasteiger partial charge in [-0.2, -0.15) is 5.26 Å². The average molecular weight is 624 g/mol. The van der Waals surface area contributed by atoms with Gasteiger partial charge < -0.3 is 19.5 Å². The molecular formula is C30H31F2N7O4S. The summed E-state index contributed by atoms with van der Waals surface area (Å²) >= 11 is 0.851. The normalized spacial score (nSPS) is 16.6. The van der Waals surface area contributed by atoms with Gasteiger partial charge in [0.1, 0.15) is 22.2 Å². The second kappa shape index (κ2) is 11.5. The molecule has 4 aromatic rings. The molecule has 1 aromatic carbocycles. The minimum atomic E-state index is -0.808. The lowest BCUT2D eigenvalue weighted by Crippen LogP contribution is -2.36. The van der Waals surface area contributed by atoms with E-state index in [9.17, 15) is 15.2 Å². The number of nitrogens with one attached hydrogen (secondary N) is 1. The molecule has 44 heavy (non-hydrogen) atoms. The van der Waals surface area contributed by atoms with E-state index in [1.165, 1.54) is 0 Å². The first-order chi connectivity index (χ1) is 21.0. The van der Waals surface area contributed by atoms with Crippen molar-refractivity contribution in [2.45, 2.75) is 52.0 Å². The van der Waals surface area contributed by atoms with Gasteiger partial charge in [-0.1, -0.05) is 0 Å². The van der Waals surface area contributed by atoms with Crippen molar-refractivity contribution in [3.8, 4) is 17.3 Å². The van der Waals surface area contributed by atoms with E-state index in [0.717, 1.165) is 24.0 Å². The van der Waals surface area contributed by atoms with Crippen LogP contribution in [0.1, 0.15) is 43.9 Å². The lowest BCUT2D eigenvalue weighted by atomic mass is 9.94. The highest BCUT2D eigenvalue weighted by atomic mass is 32.1. The predicted molar refractivity (Wildman–Crippen MR) is 161 cm³/mol. The number of hydrogen-bond donors (Lipinski definition) is 2. The molecule has 1 atom stereocenters. The third-order valence-electron chi connectivity index (χ3n) is 7.84. The number of aliphatic hydroxyl groups is 1. The number of hydrogen-bond acceptors (Lipinski definition) is 11. The summed E-state index contributed by atoms with van der Waals surface area (Å²) in [6.07, 6.45) is 2.62. The molecule has 11 nitrogen and oxygen atoms in total. The number of aromatic nitrogens is 3. The van der Waals surface area contributed by atoms with E-state index in [4.69, 9.17) is 9.47 Å². The Morgan fingerprint density at radius 1 is 1.30 bits per heavy atom. The largest absolute Gasteiger partial charge is 0.444 e. The molecule has 2 N–H and O–H groups in total. The molecule has 14 heteroatoms. The second-order valence-corrected chi connectivity index (χ2v) is 12.9. The molecule has 0 aliphatic carbocycles. The van der Waals surface area contributed by atoms with Gasteiger partial charge in [-0.05, 0) is 45.4 Å². The van der Waals surface area contributed by atoms with E-state index in [1.807, 2.05) is 18.0 Å². The number of amides is 1. The van der Waals surface area contributed by atoms with Crippen molar-refractivity contribution in [1.82, 2.24) is 19.9 Å². The first kappa shape index (κ1) is 30.0. The van der Waals surface area contributed by atoms with Crippen LogP contribution >= 0.6 is 11.3 Å². The van der Waals surface area contributed by atoms with Gasteiger partial charge in [-0.15, -0.1) is 11.3 Å². The molecule has 6 rings (SSSR count). The number of nitrogens with zero attached hydrogens (tertiary/aromatic N) is 6. The van der Waals surface area contributed by atoms with Crippen LogP contribution in [0.25, 0.3) is 32.2 Å². The van der Waals surface area contributed by atoms with Crippen molar-refractivity contribution in [3.63, 3.8) is 0 Å². The Balaban J connectivity index is 1.49. The number of thiophene rings is 1. The van der Waals surface area contributed by atoms with Crippen LogP contribution in [0, 0.1) is 23.0 Å². The van der Waals surface area contributed by atoms with Gasteiger partial charge in [0.25, 0.3) is 0 Å². The molecule has 2 aliphatic rings. The van der Waals surface area contributed by atoms with Gasteiger partial charge in [0.15, 0.2) is 11.6 Å². The van der Waals surface area contributed by atoms with Crippen molar-refractivity contribution < 1.29 is 28.2 Å². The first-order valence-electron chi connectivity index (χ1n) is 14.2. The van der Waals surface area contributed by atoms with Gasteiger partial charge in [-0.25, -0.2) is 23.5 Å². The summed E-state index contributed by atoms with van der Waals surface area (Å²) in [5.74, 6) is -1.02. The average Bonchev–Trinajstić information content (AvgIpc) is 3.72. The van der Waals surface area contributed by atoms with Gasteiger partial charge in [0, 0.05) is 48.2 Å². The Kier molecular flexibility index (Phi) is 7.83. The molecule has 5 heterocycles. The van der Waals surface area contributed by atoms with Crippen molar-refractivity contribution in [2.24, 2.45) is 0 Å². The third kappa shape index (κ3) is 5.30. The van der Waals surface area contributed by atoms with Gasteiger partial charge in [0.2, 0.25) is 5.95 Å². The number of carbonyl (C=O) groups is 1. The quantitative estimate of drug-likeness (QED) is 0.304. The fourth-order valence-electron chi connectivity index (χ4n) is 5.78. The van der Waals surface area contributed by atoms with Crippen LogP contribution in [0.15, 0.2) is 12.4 Å². The number of halogens is 2. The molecule has 0 bridgehead atoms. The number of aliphatic hydroxyl groups excluding tert-OH is 1. The van der Waals surface area contributed by atoms with Crippen molar-refractivity contribution >= 4 is 49.4 Å². The van der Waals surface area contributed by atoms with Crippen LogP contribution < -0.4 is 10.2 Å². The molecule has 2 aliphatic heterocycles. The summed E-state index contributed by atoms with van der Waals surface area (Å²) in [6, 6.07) is 2.24. The van der Waals surface area contributed by atoms with Gasteiger partial charge in [0.05, 0.1) is 42.0 Å². The zero-order chi connectivity index (χ0) is 31.3. The van der Waals surface area contributed by atoms with E-state index in [0.29, 0.717) is 42.1 Å². The Morgan fingerprint density at radius 3 is 2.80 bits per heavy atom. The number of anilines is 2. The SMILES string of the molecule is CN(CCO)[C@H]1CCN(c2ncc3c4c(c(-c5ncc(F)c6sc(NC(=O)OC(C)(C)C)c(C#N)c56)c(F)c3n2)COC4)C1. The molecule has 230 valence electrons. The zero-order valence-electron chi connectivity index (χ0n) is 24.7. The van der Waals surface area contributed by atoms with Crippen LogP contribution in [-0.2, 0) is 22.7 Å². The highest BCUT2D eigenvalue weighted by Crippen LogP contribution is 2.46. The fraction of sp³-hybridized carbons (Fsp3) is 0.433. The highest BCUT2D eigenvalue weighted by molar-refractivity contribution is 7.23. The van der Waals surface area contributed by atoms with E-state index in [-0.39, 0.29) is 63.3 Å². The van der Waals surface area contributed by atoms with E-state index in [1.54, 1.807) is 27.0 Å². The maximum atomic E-state index is 16.7. The zero-order valence-corrected chi connectivity index (χ0v) is 25.5. The van der Waals surface area contributed by atoms with Crippen LogP contribution in [0.2, 0.25) is 0 Å². The minimum absolute atomic E-state index is 0.0447. The minimum Gasteiger partial charge on any atom is -0.444 e. The molecule has 0 saturated carbocycles. The molecule has 3 aromatic heterocycles. The third-order valence-corrected chi connectivity index (χ3v) is 8.96. The van der Waals surface area contributed by atoms with E-state index >= 15 is 8.78 Å². The Bertz CT molecular complexity index is 1830. The number of ether oxygens (including phenoxy) is 2. The number of fused-ring (bicyclic) bond motifs is 4. The highest BCUT2D eigenvalue weighted by Gasteiger charge is 2.32. The summed E-state index contributed by atoms with van der Waals surface area (Å²) in [5, 5.41) is 22.7. The molecule has 1 saturated heterocycles. The number of rotatable bonds is 6. The molecule has 0 radical (unpaired) electrons. The summed E-state index contributed by atoms with van der Waals surface area (Å²) < 4.78 is 43.0. The lowest BCUT2D eigenvalue weighted by molar-refractivity contribution is 0.0636. The smallest absolute Gasteiger partial charge is 0.412 e. The maximum Gasteiger partial charge on any atom is 0.412 e. The Labute approximate surface area is 256 Å². The van der Waals surface area contributed by atoms with Crippen molar-refractivity contribution in [2.75, 3.05) is 43.5 Å². The van der Waals surface area contributed by atoms with Crippen molar-refractivity contribution in [1.29, 1.82) is 5.26 Å². The first-order valence-corrected chi connectivity index (χ1v) is 15.0. The number of nitriles is 1. The van der Waals surface area contributed by atoms with Crippen LogP contribution in [-0.4, -0.2) is 76.0 Å². The molecule has 0 spiro atoms. The second-order valence-electron chi connectivity index (χ2n) is 11.9. The maximum absolute atomic E-state index is 16.7. The van der Waals surface area contributed by atoms with E-state index < -0.39 is 23.3 Å². The number of likely N-dealkylation sites (N-methyl/N-ethyl adjacent to an activating group) is 1. The molecule has 1 fully saturated rings. The topological polar surface area (TPSA) is 137 Å².